The van der Waals surface area contributed by atoms with Crippen LogP contribution in [-0.2, 0) is 0 Å². The third kappa shape index (κ3) is 2.87. The van der Waals surface area contributed by atoms with E-state index in [-0.39, 0.29) is 5.91 Å². The predicted octanol–water partition coefficient (Wildman–Crippen LogP) is 3.61. The number of pyridine rings is 1. The summed E-state index contributed by atoms with van der Waals surface area (Å²) in [4.78, 5) is 17.3. The van der Waals surface area contributed by atoms with Gasteiger partial charge in [0.25, 0.3) is 11.6 Å². The van der Waals surface area contributed by atoms with Crippen LogP contribution in [0.2, 0.25) is 0 Å². The monoisotopic (exact) mass is 351 g/mol. The molecule has 1 aromatic carbocycles. The summed E-state index contributed by atoms with van der Waals surface area (Å²) in [5.41, 5.74) is 2.91. The zero-order chi connectivity index (χ0) is 17.4. The van der Waals surface area contributed by atoms with E-state index in [1.54, 1.807) is 13.0 Å². The standard InChI is InChI=1S/C17H13N5O2S/c1-9-14-12(15(23)19-17-21-20-10(2)25-17)8-13(18-16(14)24-22-9)11-6-4-3-5-7-11/h3-8H,1-2H3,(H,19,21,23). The van der Waals surface area contributed by atoms with Gasteiger partial charge in [0.15, 0.2) is 0 Å². The van der Waals surface area contributed by atoms with Gasteiger partial charge in [-0.1, -0.05) is 46.8 Å². The molecule has 0 atom stereocenters. The second-order valence-corrected chi connectivity index (χ2v) is 6.63. The first-order valence-corrected chi connectivity index (χ1v) is 8.37. The summed E-state index contributed by atoms with van der Waals surface area (Å²) < 4.78 is 5.29. The number of amides is 1. The number of nitrogens with one attached hydrogen (secondary N) is 1. The molecule has 0 radical (unpaired) electrons. The van der Waals surface area contributed by atoms with Crippen LogP contribution in [0.25, 0.3) is 22.4 Å². The maximum Gasteiger partial charge on any atom is 0.259 e. The molecule has 4 rings (SSSR count). The Morgan fingerprint density at radius 2 is 1.96 bits per heavy atom. The molecule has 3 heterocycles. The molecule has 7 nitrogen and oxygen atoms in total. The van der Waals surface area contributed by atoms with Crippen LogP contribution < -0.4 is 5.32 Å². The minimum Gasteiger partial charge on any atom is -0.335 e. The van der Waals surface area contributed by atoms with Gasteiger partial charge >= 0.3 is 0 Å². The van der Waals surface area contributed by atoms with Crippen LogP contribution in [0.5, 0.6) is 0 Å². The van der Waals surface area contributed by atoms with Crippen molar-refractivity contribution >= 4 is 33.5 Å². The highest BCUT2D eigenvalue weighted by Gasteiger charge is 2.20. The largest absolute Gasteiger partial charge is 0.335 e. The van der Waals surface area contributed by atoms with Gasteiger partial charge in [0, 0.05) is 5.56 Å². The number of carbonyl (C=O) groups excluding carboxylic acids is 1. The third-order valence-corrected chi connectivity index (χ3v) is 4.43. The van der Waals surface area contributed by atoms with Gasteiger partial charge in [0.2, 0.25) is 5.13 Å². The first-order valence-electron chi connectivity index (χ1n) is 7.56. The Labute approximate surface area is 146 Å². The molecule has 0 bridgehead atoms. The first kappa shape index (κ1) is 15.4. The lowest BCUT2D eigenvalue weighted by atomic mass is 10.1. The topological polar surface area (TPSA) is 93.8 Å². The highest BCUT2D eigenvalue weighted by Crippen LogP contribution is 2.28. The number of carbonyl (C=O) groups is 1. The molecule has 8 heteroatoms. The smallest absolute Gasteiger partial charge is 0.259 e. The second-order valence-electron chi connectivity index (χ2n) is 5.45. The number of fused-ring (bicyclic) bond motifs is 1. The maximum atomic E-state index is 12.8. The van der Waals surface area contributed by atoms with Gasteiger partial charge in [-0.25, -0.2) is 4.98 Å². The molecule has 0 aliphatic rings. The van der Waals surface area contributed by atoms with Crippen molar-refractivity contribution in [2.24, 2.45) is 0 Å². The lowest BCUT2D eigenvalue weighted by molar-refractivity contribution is 0.102. The summed E-state index contributed by atoms with van der Waals surface area (Å²) in [6.45, 7) is 3.61. The quantitative estimate of drug-likeness (QED) is 0.606. The summed E-state index contributed by atoms with van der Waals surface area (Å²) in [7, 11) is 0. The fraction of sp³-hybridized carbons (Fsp3) is 0.118. The number of hydrogen-bond donors (Lipinski definition) is 1. The van der Waals surface area contributed by atoms with Crippen molar-refractivity contribution in [3.63, 3.8) is 0 Å². The minimum absolute atomic E-state index is 0.299. The molecule has 0 aliphatic heterocycles. The summed E-state index contributed by atoms with van der Waals surface area (Å²) in [5, 5.41) is 16.4. The van der Waals surface area contributed by atoms with Crippen LogP contribution in [0.1, 0.15) is 21.1 Å². The Morgan fingerprint density at radius 3 is 2.68 bits per heavy atom. The van der Waals surface area contributed by atoms with Crippen molar-refractivity contribution < 1.29 is 9.32 Å². The van der Waals surface area contributed by atoms with Crippen LogP contribution in [-0.4, -0.2) is 26.2 Å². The van der Waals surface area contributed by atoms with Crippen LogP contribution in [0.15, 0.2) is 40.9 Å². The van der Waals surface area contributed by atoms with Crippen LogP contribution >= 0.6 is 11.3 Å². The van der Waals surface area contributed by atoms with Gasteiger partial charge in [0.1, 0.15) is 5.01 Å². The van der Waals surface area contributed by atoms with E-state index in [9.17, 15) is 4.79 Å². The number of benzene rings is 1. The second kappa shape index (κ2) is 6.06. The third-order valence-electron chi connectivity index (χ3n) is 3.68. The first-order chi connectivity index (χ1) is 12.1. The fourth-order valence-electron chi connectivity index (χ4n) is 2.54. The number of anilines is 1. The lowest BCUT2D eigenvalue weighted by Crippen LogP contribution is -2.13. The van der Waals surface area contributed by atoms with E-state index in [0.29, 0.717) is 33.2 Å². The van der Waals surface area contributed by atoms with E-state index in [2.05, 4.69) is 25.7 Å². The Hall–Kier alpha value is -3.13. The summed E-state index contributed by atoms with van der Waals surface area (Å²) in [5.74, 6) is -0.299. The SMILES string of the molecule is Cc1nnc(NC(=O)c2cc(-c3ccccc3)nc3onc(C)c23)s1. The van der Waals surface area contributed by atoms with Gasteiger partial charge in [-0.05, 0) is 19.9 Å². The molecule has 0 unspecified atom stereocenters. The van der Waals surface area contributed by atoms with Crippen molar-refractivity contribution in [2.75, 3.05) is 5.32 Å². The molecule has 1 N–H and O–H groups in total. The Morgan fingerprint density at radius 1 is 1.16 bits per heavy atom. The Balaban J connectivity index is 1.83. The summed E-state index contributed by atoms with van der Waals surface area (Å²) in [6.07, 6.45) is 0. The summed E-state index contributed by atoms with van der Waals surface area (Å²) in [6, 6.07) is 11.3. The molecule has 1 amide bonds. The molecule has 124 valence electrons. The van der Waals surface area contributed by atoms with Crippen molar-refractivity contribution in [1.82, 2.24) is 20.3 Å². The number of hydrogen-bond acceptors (Lipinski definition) is 7. The number of aromatic nitrogens is 4. The Kier molecular flexibility index (Phi) is 3.73. The number of aryl methyl sites for hydroxylation is 2. The Bertz CT molecular complexity index is 1070. The average molecular weight is 351 g/mol. The van der Waals surface area contributed by atoms with Crippen LogP contribution in [0.4, 0.5) is 5.13 Å². The highest BCUT2D eigenvalue weighted by molar-refractivity contribution is 7.15. The minimum atomic E-state index is -0.299. The summed E-state index contributed by atoms with van der Waals surface area (Å²) >= 11 is 1.31. The molecule has 4 aromatic rings. The van der Waals surface area contributed by atoms with Gasteiger partial charge in [-0.3, -0.25) is 10.1 Å². The molecule has 0 aliphatic carbocycles. The normalized spacial score (nSPS) is 11.0. The average Bonchev–Trinajstić information content (AvgIpc) is 3.20. The van der Waals surface area contributed by atoms with Gasteiger partial charge in [-0.15, -0.1) is 10.2 Å². The van der Waals surface area contributed by atoms with Gasteiger partial charge in [-0.2, -0.15) is 0 Å². The zero-order valence-electron chi connectivity index (χ0n) is 13.5. The van der Waals surface area contributed by atoms with Crippen molar-refractivity contribution in [3.05, 3.63) is 52.7 Å². The molecule has 0 saturated carbocycles. The molecule has 0 saturated heterocycles. The van der Waals surface area contributed by atoms with E-state index in [0.717, 1.165) is 10.6 Å². The van der Waals surface area contributed by atoms with Crippen LogP contribution in [0, 0.1) is 13.8 Å². The van der Waals surface area contributed by atoms with E-state index in [1.165, 1.54) is 11.3 Å². The molecule has 25 heavy (non-hydrogen) atoms. The fourth-order valence-corrected chi connectivity index (χ4v) is 3.13. The maximum absolute atomic E-state index is 12.8. The molecule has 3 aromatic heterocycles. The van der Waals surface area contributed by atoms with E-state index in [4.69, 9.17) is 4.52 Å². The zero-order valence-corrected chi connectivity index (χ0v) is 14.3. The van der Waals surface area contributed by atoms with Crippen molar-refractivity contribution in [2.45, 2.75) is 13.8 Å². The molecular weight excluding hydrogens is 338 g/mol. The predicted molar refractivity (Wildman–Crippen MR) is 94.6 cm³/mol. The van der Waals surface area contributed by atoms with E-state index >= 15 is 0 Å². The van der Waals surface area contributed by atoms with Gasteiger partial charge < -0.3 is 4.52 Å². The van der Waals surface area contributed by atoms with Crippen molar-refractivity contribution in [1.29, 1.82) is 0 Å². The number of nitrogens with zero attached hydrogens (tertiary/aromatic N) is 4. The molecule has 0 spiro atoms. The molecular formula is C17H13N5O2S. The highest BCUT2D eigenvalue weighted by atomic mass is 32.1. The van der Waals surface area contributed by atoms with Crippen molar-refractivity contribution in [3.8, 4) is 11.3 Å². The lowest BCUT2D eigenvalue weighted by Gasteiger charge is -2.06. The molecule has 0 fully saturated rings. The van der Waals surface area contributed by atoms with Gasteiger partial charge in [0.05, 0.1) is 22.3 Å². The number of rotatable bonds is 3. The van der Waals surface area contributed by atoms with E-state index < -0.39 is 0 Å². The van der Waals surface area contributed by atoms with E-state index in [1.807, 2.05) is 37.3 Å². The van der Waals surface area contributed by atoms with Crippen LogP contribution in [0.3, 0.4) is 0 Å².